The van der Waals surface area contributed by atoms with Crippen LogP contribution < -0.4 is 5.32 Å². The number of phenolic OH excluding ortho intramolecular Hbond substituents is 1. The lowest BCUT2D eigenvalue weighted by atomic mass is 10.1. The zero-order chi connectivity index (χ0) is 16.4. The highest BCUT2D eigenvalue weighted by Crippen LogP contribution is 2.19. The van der Waals surface area contributed by atoms with Crippen LogP contribution in [0, 0.1) is 0 Å². The van der Waals surface area contributed by atoms with Gasteiger partial charge >= 0.3 is 5.97 Å². The third kappa shape index (κ3) is 6.11. The van der Waals surface area contributed by atoms with Gasteiger partial charge in [-0.1, -0.05) is 12.1 Å². The molecule has 1 amide bonds. The van der Waals surface area contributed by atoms with Crippen molar-refractivity contribution in [3.05, 3.63) is 29.8 Å². The molecule has 0 aliphatic carbocycles. The Kier molecular flexibility index (Phi) is 7.95. The molecule has 0 bridgehead atoms. The van der Waals surface area contributed by atoms with Crippen LogP contribution in [-0.2, 0) is 23.8 Å². The number of benzene rings is 1. The molecule has 0 saturated heterocycles. The maximum atomic E-state index is 12.0. The fraction of sp³-hybridized carbons (Fsp3) is 0.467. The lowest BCUT2D eigenvalue weighted by Crippen LogP contribution is -2.37. The second-order valence-electron chi connectivity index (χ2n) is 4.39. The highest BCUT2D eigenvalue weighted by Gasteiger charge is 2.24. The van der Waals surface area contributed by atoms with Crippen molar-refractivity contribution >= 4 is 11.9 Å². The van der Waals surface area contributed by atoms with Gasteiger partial charge < -0.3 is 24.6 Å². The molecule has 1 aromatic carbocycles. The lowest BCUT2D eigenvalue weighted by molar-refractivity contribution is -0.148. The van der Waals surface area contributed by atoms with Crippen LogP contribution in [0.1, 0.15) is 18.5 Å². The van der Waals surface area contributed by atoms with Gasteiger partial charge in [-0.25, -0.2) is 4.79 Å². The van der Waals surface area contributed by atoms with E-state index in [0.29, 0.717) is 12.2 Å². The Hall–Kier alpha value is -2.12. The summed E-state index contributed by atoms with van der Waals surface area (Å²) in [6, 6.07) is 5.08. The summed E-state index contributed by atoms with van der Waals surface area (Å²) in [5, 5.41) is 12.0. The van der Waals surface area contributed by atoms with Gasteiger partial charge in [0.2, 0.25) is 5.91 Å². The molecule has 2 N–H and O–H groups in total. The van der Waals surface area contributed by atoms with Crippen LogP contribution in [0.3, 0.4) is 0 Å². The fourth-order valence-corrected chi connectivity index (χ4v) is 1.72. The summed E-state index contributed by atoms with van der Waals surface area (Å²) in [5.41, 5.74) is 0.434. The van der Waals surface area contributed by atoms with Gasteiger partial charge in [0.1, 0.15) is 12.4 Å². The number of esters is 1. The Balaban J connectivity index is 2.70. The standard InChI is InChI=1S/C15H21NO6/c1-3-22-15(19)14(11-5-4-6-12(17)9-11)16-13(18)10-21-8-7-20-2/h4-6,9,14,17H,3,7-8,10H2,1-2H3,(H,16,18)/t14-/m1/s1. The van der Waals surface area contributed by atoms with E-state index in [0.717, 1.165) is 0 Å². The molecule has 0 spiro atoms. The fourth-order valence-electron chi connectivity index (χ4n) is 1.72. The summed E-state index contributed by atoms with van der Waals surface area (Å²) in [5.74, 6) is -1.06. The van der Waals surface area contributed by atoms with Crippen LogP contribution in [0.2, 0.25) is 0 Å². The Morgan fingerprint density at radius 3 is 2.73 bits per heavy atom. The smallest absolute Gasteiger partial charge is 0.333 e. The minimum absolute atomic E-state index is 0.00241. The second kappa shape index (κ2) is 9.75. The predicted octanol–water partition coefficient (Wildman–Crippen LogP) is 0.776. The van der Waals surface area contributed by atoms with Crippen LogP contribution in [0.25, 0.3) is 0 Å². The first-order chi connectivity index (χ1) is 10.6. The van der Waals surface area contributed by atoms with Crippen molar-refractivity contribution in [2.24, 2.45) is 0 Å². The summed E-state index contributed by atoms with van der Waals surface area (Å²) < 4.78 is 14.8. The number of nitrogens with one attached hydrogen (secondary N) is 1. The van der Waals surface area contributed by atoms with Crippen molar-refractivity contribution in [1.82, 2.24) is 5.32 Å². The van der Waals surface area contributed by atoms with Crippen LogP contribution in [0.5, 0.6) is 5.75 Å². The molecule has 0 heterocycles. The molecule has 1 aromatic rings. The maximum Gasteiger partial charge on any atom is 0.333 e. The minimum atomic E-state index is -0.995. The molecule has 7 heteroatoms. The number of hydrogen-bond acceptors (Lipinski definition) is 6. The van der Waals surface area contributed by atoms with Gasteiger partial charge in [0, 0.05) is 7.11 Å². The highest BCUT2D eigenvalue weighted by atomic mass is 16.5. The van der Waals surface area contributed by atoms with Crippen LogP contribution in [0.15, 0.2) is 24.3 Å². The maximum absolute atomic E-state index is 12.0. The zero-order valence-electron chi connectivity index (χ0n) is 12.7. The third-order valence-electron chi connectivity index (χ3n) is 2.70. The number of phenols is 1. The van der Waals surface area contributed by atoms with E-state index in [4.69, 9.17) is 14.2 Å². The van der Waals surface area contributed by atoms with Gasteiger partial charge in [0.15, 0.2) is 6.04 Å². The van der Waals surface area contributed by atoms with Crippen molar-refractivity contribution in [2.75, 3.05) is 33.5 Å². The molecule has 0 unspecified atom stereocenters. The van der Waals surface area contributed by atoms with Gasteiger partial charge in [0.25, 0.3) is 0 Å². The lowest BCUT2D eigenvalue weighted by Gasteiger charge is -2.18. The van der Waals surface area contributed by atoms with Gasteiger partial charge in [0.05, 0.1) is 19.8 Å². The predicted molar refractivity (Wildman–Crippen MR) is 78.3 cm³/mol. The average Bonchev–Trinajstić information content (AvgIpc) is 2.49. The monoisotopic (exact) mass is 311 g/mol. The van der Waals surface area contributed by atoms with Gasteiger partial charge in [-0.15, -0.1) is 0 Å². The number of carbonyl (C=O) groups excluding carboxylic acids is 2. The van der Waals surface area contributed by atoms with E-state index in [9.17, 15) is 14.7 Å². The average molecular weight is 311 g/mol. The molecule has 7 nitrogen and oxygen atoms in total. The molecule has 0 fully saturated rings. The normalized spacial score (nSPS) is 11.7. The summed E-state index contributed by atoms with van der Waals surface area (Å²) in [4.78, 5) is 23.8. The van der Waals surface area contributed by atoms with Gasteiger partial charge in [-0.3, -0.25) is 4.79 Å². The molecule has 0 saturated carbocycles. The highest BCUT2D eigenvalue weighted by molar-refractivity contribution is 5.86. The van der Waals surface area contributed by atoms with Crippen molar-refractivity contribution in [2.45, 2.75) is 13.0 Å². The first-order valence-electron chi connectivity index (χ1n) is 6.90. The van der Waals surface area contributed by atoms with Gasteiger partial charge in [-0.05, 0) is 24.6 Å². The molecular weight excluding hydrogens is 290 g/mol. The summed E-state index contributed by atoms with van der Waals surface area (Å²) >= 11 is 0. The van der Waals surface area contributed by atoms with E-state index in [-0.39, 0.29) is 25.6 Å². The summed E-state index contributed by atoms with van der Waals surface area (Å²) in [6.07, 6.45) is 0. The van der Waals surface area contributed by atoms with Crippen LogP contribution in [0.4, 0.5) is 0 Å². The molecule has 1 atom stereocenters. The summed E-state index contributed by atoms with van der Waals surface area (Å²) in [6.45, 7) is 2.32. The van der Waals surface area contributed by atoms with Crippen molar-refractivity contribution in [1.29, 1.82) is 0 Å². The van der Waals surface area contributed by atoms with E-state index in [1.54, 1.807) is 19.1 Å². The van der Waals surface area contributed by atoms with Gasteiger partial charge in [-0.2, -0.15) is 0 Å². The van der Waals surface area contributed by atoms with Crippen molar-refractivity contribution in [3.8, 4) is 5.75 Å². The van der Waals surface area contributed by atoms with Crippen molar-refractivity contribution in [3.63, 3.8) is 0 Å². The number of amides is 1. The largest absolute Gasteiger partial charge is 0.508 e. The molecule has 22 heavy (non-hydrogen) atoms. The van der Waals surface area contributed by atoms with E-state index >= 15 is 0 Å². The van der Waals surface area contributed by atoms with E-state index in [2.05, 4.69) is 5.32 Å². The number of carbonyl (C=O) groups is 2. The molecule has 0 radical (unpaired) electrons. The SMILES string of the molecule is CCOC(=O)[C@H](NC(=O)COCCOC)c1cccc(O)c1. The van der Waals surface area contributed by atoms with E-state index in [1.165, 1.54) is 19.2 Å². The Morgan fingerprint density at radius 1 is 1.32 bits per heavy atom. The Bertz CT molecular complexity index is 491. The van der Waals surface area contributed by atoms with Crippen LogP contribution in [-0.4, -0.2) is 50.5 Å². The molecule has 0 aliphatic rings. The molecule has 1 rings (SSSR count). The number of rotatable bonds is 9. The first kappa shape index (κ1) is 17.9. The number of ether oxygens (including phenoxy) is 3. The number of methoxy groups -OCH3 is 1. The minimum Gasteiger partial charge on any atom is -0.508 e. The quantitative estimate of drug-likeness (QED) is 0.517. The summed E-state index contributed by atoms with van der Waals surface area (Å²) in [7, 11) is 1.53. The van der Waals surface area contributed by atoms with Crippen molar-refractivity contribution < 1.29 is 28.9 Å². The number of aromatic hydroxyl groups is 1. The van der Waals surface area contributed by atoms with Crippen LogP contribution >= 0.6 is 0 Å². The molecule has 0 aliphatic heterocycles. The molecular formula is C15H21NO6. The van der Waals surface area contributed by atoms with E-state index in [1.807, 2.05) is 0 Å². The Labute approximate surface area is 129 Å². The molecule has 122 valence electrons. The third-order valence-corrected chi connectivity index (χ3v) is 2.70. The first-order valence-corrected chi connectivity index (χ1v) is 6.90. The molecule has 0 aromatic heterocycles. The second-order valence-corrected chi connectivity index (χ2v) is 4.39. The number of hydrogen-bond donors (Lipinski definition) is 2. The van der Waals surface area contributed by atoms with E-state index < -0.39 is 17.9 Å². The Morgan fingerprint density at radius 2 is 2.09 bits per heavy atom. The topological polar surface area (TPSA) is 94.1 Å². The zero-order valence-corrected chi connectivity index (χ0v) is 12.7.